The summed E-state index contributed by atoms with van der Waals surface area (Å²) in [5.74, 6) is -1.47. The number of nitrogens with zero attached hydrogens (tertiary/aromatic N) is 1. The topological polar surface area (TPSA) is 71.3 Å². The number of halogens is 1. The molecule has 0 aromatic carbocycles. The predicted octanol–water partition coefficient (Wildman–Crippen LogP) is 2.32. The van der Waals surface area contributed by atoms with Crippen LogP contribution in [0.2, 0.25) is 5.02 Å². The molecule has 0 aliphatic rings. The quantitative estimate of drug-likeness (QED) is 0.864. The van der Waals surface area contributed by atoms with Crippen LogP contribution in [0.4, 0.5) is 0 Å². The third-order valence-electron chi connectivity index (χ3n) is 2.62. The van der Waals surface area contributed by atoms with Crippen molar-refractivity contribution in [3.8, 4) is 0 Å². The van der Waals surface area contributed by atoms with Crippen LogP contribution in [0.15, 0.2) is 12.3 Å². The fourth-order valence-electron chi connectivity index (χ4n) is 1.63. The van der Waals surface area contributed by atoms with Gasteiger partial charge in [0.25, 0.3) is 5.91 Å². The maximum atomic E-state index is 12.0. The van der Waals surface area contributed by atoms with Crippen molar-refractivity contribution >= 4 is 23.5 Å². The minimum absolute atomic E-state index is 0.0724. The second kappa shape index (κ2) is 5.91. The van der Waals surface area contributed by atoms with Gasteiger partial charge in [-0.25, -0.2) is 4.79 Å². The Hall–Kier alpha value is -1.49. The van der Waals surface area contributed by atoms with E-state index >= 15 is 0 Å². The fourth-order valence-corrected chi connectivity index (χ4v) is 1.83. The van der Waals surface area contributed by atoms with Gasteiger partial charge in [0, 0.05) is 12.2 Å². The zero-order chi connectivity index (χ0) is 13.9. The number of carboxylic acid groups (broad SMARTS) is 1. The Morgan fingerprint density at radius 3 is 2.56 bits per heavy atom. The largest absolute Gasteiger partial charge is 0.480 e. The van der Waals surface area contributed by atoms with Crippen LogP contribution < -0.4 is 5.32 Å². The van der Waals surface area contributed by atoms with Gasteiger partial charge in [0.15, 0.2) is 0 Å². The molecule has 1 aromatic rings. The first-order valence-corrected chi connectivity index (χ1v) is 6.15. The molecule has 18 heavy (non-hydrogen) atoms. The van der Waals surface area contributed by atoms with E-state index in [2.05, 4.69) is 5.32 Å². The molecule has 0 aliphatic carbocycles. The SMILES string of the molecule is CC[C@@H](NC(=O)c1cc(Cl)cn1C(C)C)C(=O)O. The minimum Gasteiger partial charge on any atom is -0.480 e. The number of aliphatic carboxylic acids is 1. The highest BCUT2D eigenvalue weighted by Crippen LogP contribution is 2.18. The summed E-state index contributed by atoms with van der Waals surface area (Å²) in [5, 5.41) is 11.8. The standard InChI is InChI=1S/C12H17ClN2O3/c1-4-9(12(17)18)14-11(16)10-5-8(13)6-15(10)7(2)3/h5-7,9H,4H2,1-3H3,(H,14,16)(H,17,18)/t9-/m1/s1. The number of amides is 1. The van der Waals surface area contributed by atoms with Crippen LogP contribution in [0.5, 0.6) is 0 Å². The molecule has 1 rings (SSSR count). The minimum atomic E-state index is -1.04. The molecule has 1 amide bonds. The molecule has 1 heterocycles. The maximum absolute atomic E-state index is 12.0. The summed E-state index contributed by atoms with van der Waals surface area (Å²) in [5.41, 5.74) is 0.370. The predicted molar refractivity (Wildman–Crippen MR) is 69.0 cm³/mol. The molecule has 2 N–H and O–H groups in total. The van der Waals surface area contributed by atoms with Crippen molar-refractivity contribution < 1.29 is 14.7 Å². The van der Waals surface area contributed by atoms with Crippen LogP contribution in [-0.4, -0.2) is 27.6 Å². The van der Waals surface area contributed by atoms with Crippen LogP contribution in [0, 0.1) is 0 Å². The van der Waals surface area contributed by atoms with Crippen LogP contribution in [0.1, 0.15) is 43.7 Å². The van der Waals surface area contributed by atoms with Crippen LogP contribution >= 0.6 is 11.6 Å². The van der Waals surface area contributed by atoms with Crippen molar-refractivity contribution in [3.05, 3.63) is 23.0 Å². The molecule has 0 saturated heterocycles. The molecule has 0 spiro atoms. The monoisotopic (exact) mass is 272 g/mol. The van der Waals surface area contributed by atoms with Gasteiger partial charge < -0.3 is 15.0 Å². The van der Waals surface area contributed by atoms with Gasteiger partial charge in [-0.2, -0.15) is 0 Å². The van der Waals surface area contributed by atoms with Crippen LogP contribution in [-0.2, 0) is 4.79 Å². The van der Waals surface area contributed by atoms with Crippen molar-refractivity contribution in [2.75, 3.05) is 0 Å². The first-order valence-electron chi connectivity index (χ1n) is 5.77. The number of carboxylic acids is 1. The van der Waals surface area contributed by atoms with E-state index in [0.29, 0.717) is 17.1 Å². The molecule has 0 unspecified atom stereocenters. The van der Waals surface area contributed by atoms with Gasteiger partial charge in [0.2, 0.25) is 0 Å². The molecule has 0 aliphatic heterocycles. The lowest BCUT2D eigenvalue weighted by atomic mass is 10.2. The first-order chi connectivity index (χ1) is 8.36. The molecule has 6 heteroatoms. The van der Waals surface area contributed by atoms with E-state index in [9.17, 15) is 9.59 Å². The Balaban J connectivity index is 2.93. The van der Waals surface area contributed by atoms with Gasteiger partial charge in [0.05, 0.1) is 5.02 Å². The Morgan fingerprint density at radius 2 is 2.11 bits per heavy atom. The highest BCUT2D eigenvalue weighted by Gasteiger charge is 2.21. The molecular formula is C12H17ClN2O3. The molecule has 0 radical (unpaired) electrons. The average molecular weight is 273 g/mol. The van der Waals surface area contributed by atoms with E-state index in [4.69, 9.17) is 16.7 Å². The normalized spacial score (nSPS) is 12.5. The number of hydrogen-bond acceptors (Lipinski definition) is 2. The average Bonchev–Trinajstić information content (AvgIpc) is 2.67. The fraction of sp³-hybridized carbons (Fsp3) is 0.500. The highest BCUT2D eigenvalue weighted by molar-refractivity contribution is 6.31. The number of carbonyl (C=O) groups is 2. The van der Waals surface area contributed by atoms with Gasteiger partial charge in [-0.3, -0.25) is 4.79 Å². The van der Waals surface area contributed by atoms with E-state index in [0.717, 1.165) is 0 Å². The van der Waals surface area contributed by atoms with Crippen molar-refractivity contribution in [3.63, 3.8) is 0 Å². The molecule has 1 atom stereocenters. The number of nitrogens with one attached hydrogen (secondary N) is 1. The summed E-state index contributed by atoms with van der Waals surface area (Å²) in [4.78, 5) is 22.9. The van der Waals surface area contributed by atoms with E-state index < -0.39 is 17.9 Å². The van der Waals surface area contributed by atoms with Crippen molar-refractivity contribution in [2.24, 2.45) is 0 Å². The zero-order valence-electron chi connectivity index (χ0n) is 10.6. The Bertz CT molecular complexity index is 454. The summed E-state index contributed by atoms with van der Waals surface area (Å²) < 4.78 is 1.71. The third-order valence-corrected chi connectivity index (χ3v) is 2.82. The number of hydrogen-bond donors (Lipinski definition) is 2. The number of carbonyl (C=O) groups excluding carboxylic acids is 1. The van der Waals surface area contributed by atoms with Gasteiger partial charge >= 0.3 is 5.97 Å². The van der Waals surface area contributed by atoms with Crippen LogP contribution in [0.3, 0.4) is 0 Å². The molecule has 100 valence electrons. The number of rotatable bonds is 5. The summed E-state index contributed by atoms with van der Waals surface area (Å²) in [6, 6.07) is 0.723. The second-order valence-corrected chi connectivity index (χ2v) is 4.75. The Morgan fingerprint density at radius 1 is 1.50 bits per heavy atom. The van der Waals surface area contributed by atoms with E-state index in [1.54, 1.807) is 17.7 Å². The number of aromatic nitrogens is 1. The summed E-state index contributed by atoms with van der Waals surface area (Å²) in [6.07, 6.45) is 1.99. The maximum Gasteiger partial charge on any atom is 0.326 e. The van der Waals surface area contributed by atoms with Gasteiger partial charge in [-0.05, 0) is 26.3 Å². The summed E-state index contributed by atoms with van der Waals surface area (Å²) in [6.45, 7) is 5.54. The molecule has 5 nitrogen and oxygen atoms in total. The lowest BCUT2D eigenvalue weighted by molar-refractivity contribution is -0.139. The Labute approximate surface area is 111 Å². The lowest BCUT2D eigenvalue weighted by Crippen LogP contribution is -2.41. The smallest absolute Gasteiger partial charge is 0.326 e. The molecule has 0 saturated carbocycles. The van der Waals surface area contributed by atoms with Gasteiger partial charge in [-0.15, -0.1) is 0 Å². The van der Waals surface area contributed by atoms with Crippen LogP contribution in [0.25, 0.3) is 0 Å². The molecule has 0 bridgehead atoms. The zero-order valence-corrected chi connectivity index (χ0v) is 11.4. The van der Waals surface area contributed by atoms with Crippen molar-refractivity contribution in [1.82, 2.24) is 9.88 Å². The summed E-state index contributed by atoms with van der Waals surface area (Å²) >= 11 is 5.87. The molecule has 1 aromatic heterocycles. The van der Waals surface area contributed by atoms with Gasteiger partial charge in [-0.1, -0.05) is 18.5 Å². The lowest BCUT2D eigenvalue weighted by Gasteiger charge is -2.15. The molecule has 0 fully saturated rings. The second-order valence-electron chi connectivity index (χ2n) is 4.32. The first kappa shape index (κ1) is 14.6. The van der Waals surface area contributed by atoms with E-state index in [1.165, 1.54) is 6.07 Å². The van der Waals surface area contributed by atoms with Crippen molar-refractivity contribution in [2.45, 2.75) is 39.3 Å². The van der Waals surface area contributed by atoms with E-state index in [1.807, 2.05) is 13.8 Å². The summed E-state index contributed by atoms with van der Waals surface area (Å²) in [7, 11) is 0. The van der Waals surface area contributed by atoms with Crippen molar-refractivity contribution in [1.29, 1.82) is 0 Å². The molecular weight excluding hydrogens is 256 g/mol. The van der Waals surface area contributed by atoms with Gasteiger partial charge in [0.1, 0.15) is 11.7 Å². The third kappa shape index (κ3) is 3.26. The Kier molecular flexibility index (Phi) is 4.78. The highest BCUT2D eigenvalue weighted by atomic mass is 35.5. The van der Waals surface area contributed by atoms with E-state index in [-0.39, 0.29) is 6.04 Å².